The van der Waals surface area contributed by atoms with Gasteiger partial charge in [0.15, 0.2) is 5.78 Å². The van der Waals surface area contributed by atoms with E-state index in [1.807, 2.05) is 0 Å². The van der Waals surface area contributed by atoms with Crippen LogP contribution in [0.4, 0.5) is 9.18 Å². The van der Waals surface area contributed by atoms with Gasteiger partial charge in [0.25, 0.3) is 0 Å². The largest absolute Gasteiger partial charge is 0.352 e. The molecule has 0 radical (unpaired) electrons. The molecule has 31 heavy (non-hydrogen) atoms. The van der Waals surface area contributed by atoms with Crippen LogP contribution >= 0.6 is 0 Å². The maximum atomic E-state index is 13.0. The number of hydrogen-bond donors (Lipinski definition) is 6. The van der Waals surface area contributed by atoms with Gasteiger partial charge >= 0.3 is 6.03 Å². The van der Waals surface area contributed by atoms with Gasteiger partial charge in [-0.2, -0.15) is 0 Å². The van der Waals surface area contributed by atoms with Crippen molar-refractivity contribution in [2.45, 2.75) is 38.4 Å². The van der Waals surface area contributed by atoms with Crippen LogP contribution in [0.25, 0.3) is 0 Å². The van der Waals surface area contributed by atoms with Gasteiger partial charge in [0, 0.05) is 26.4 Å². The summed E-state index contributed by atoms with van der Waals surface area (Å²) in [7, 11) is 0. The van der Waals surface area contributed by atoms with Gasteiger partial charge in [-0.3, -0.25) is 19.2 Å². The van der Waals surface area contributed by atoms with Gasteiger partial charge in [0.2, 0.25) is 17.7 Å². The minimum Gasteiger partial charge on any atom is -0.352 e. The number of Topliss-reactive ketones (excluding diaryl/α,β-unsaturated/α-hetero) is 1. The molecule has 0 bridgehead atoms. The summed E-state index contributed by atoms with van der Waals surface area (Å²) in [4.78, 5) is 58.9. The second-order valence-electron chi connectivity index (χ2n) is 6.55. The molecule has 0 saturated heterocycles. The van der Waals surface area contributed by atoms with Gasteiger partial charge in [-0.05, 0) is 24.1 Å². The van der Waals surface area contributed by atoms with Gasteiger partial charge in [0.05, 0.1) is 6.21 Å². The van der Waals surface area contributed by atoms with E-state index in [4.69, 9.17) is 11.1 Å². The van der Waals surface area contributed by atoms with Crippen LogP contribution in [0.15, 0.2) is 24.3 Å². The zero-order valence-corrected chi connectivity index (χ0v) is 16.9. The lowest BCUT2D eigenvalue weighted by atomic mass is 10.1. The molecule has 12 heteroatoms. The Morgan fingerprint density at radius 3 is 2.23 bits per heavy atom. The standard InChI is InChI=1S/C19H25FN6O5/c1-11(27)25-16(10-24-19(22)31)18(30)26-15(7-6-14(28)8-21)17(29)23-9-12-2-4-13(20)5-3-12/h2-5,8,15-16,21H,6-7,9-10H2,1H3,(H,23,29)(H,25,27)(H,26,30)(H3,22,24,31)/t15-,16-/m0/s1. The third-order valence-electron chi connectivity index (χ3n) is 4.03. The minimum atomic E-state index is -1.21. The molecular weight excluding hydrogens is 411 g/mol. The molecule has 0 unspecified atom stereocenters. The molecule has 0 aliphatic carbocycles. The number of halogens is 1. The molecule has 168 valence electrons. The fraction of sp³-hybridized carbons (Fsp3) is 0.368. The zero-order chi connectivity index (χ0) is 23.4. The van der Waals surface area contributed by atoms with Crippen LogP contribution in [0, 0.1) is 11.2 Å². The van der Waals surface area contributed by atoms with Gasteiger partial charge < -0.3 is 32.4 Å². The van der Waals surface area contributed by atoms with E-state index in [9.17, 15) is 28.4 Å². The van der Waals surface area contributed by atoms with E-state index < -0.39 is 47.4 Å². The number of benzene rings is 1. The van der Waals surface area contributed by atoms with Crippen molar-refractivity contribution < 1.29 is 28.4 Å². The monoisotopic (exact) mass is 436 g/mol. The number of primary amides is 1. The lowest BCUT2D eigenvalue weighted by Crippen LogP contribution is -2.57. The van der Waals surface area contributed by atoms with Crippen LogP contribution in [-0.2, 0) is 25.7 Å². The highest BCUT2D eigenvalue weighted by Crippen LogP contribution is 2.04. The molecule has 7 N–H and O–H groups in total. The molecule has 0 aliphatic heterocycles. The highest BCUT2D eigenvalue weighted by molar-refractivity contribution is 6.26. The Morgan fingerprint density at radius 1 is 1.03 bits per heavy atom. The summed E-state index contributed by atoms with van der Waals surface area (Å²) in [5, 5.41) is 16.5. The van der Waals surface area contributed by atoms with E-state index >= 15 is 0 Å². The van der Waals surface area contributed by atoms with E-state index in [-0.39, 0.29) is 25.9 Å². The summed E-state index contributed by atoms with van der Waals surface area (Å²) in [6, 6.07) is 2.13. The molecular formula is C19H25FN6O5. The first-order valence-electron chi connectivity index (χ1n) is 9.28. The summed E-state index contributed by atoms with van der Waals surface area (Å²) in [5.41, 5.74) is 5.59. The van der Waals surface area contributed by atoms with E-state index in [0.717, 1.165) is 0 Å². The number of carbonyl (C=O) groups is 5. The lowest BCUT2D eigenvalue weighted by Gasteiger charge is -2.22. The highest BCUT2D eigenvalue weighted by Gasteiger charge is 2.26. The average Bonchev–Trinajstić information content (AvgIpc) is 2.72. The maximum absolute atomic E-state index is 13.0. The number of nitrogens with two attached hydrogens (primary N) is 1. The number of urea groups is 1. The normalized spacial score (nSPS) is 12.1. The Bertz CT molecular complexity index is 830. The minimum absolute atomic E-state index is 0.0440. The molecule has 5 amide bonds. The Balaban J connectivity index is 2.86. The van der Waals surface area contributed by atoms with E-state index in [1.54, 1.807) is 0 Å². The van der Waals surface area contributed by atoms with E-state index in [0.29, 0.717) is 11.8 Å². The number of nitrogens with one attached hydrogen (secondary N) is 5. The molecule has 0 aromatic heterocycles. The average molecular weight is 436 g/mol. The summed E-state index contributed by atoms with van der Waals surface area (Å²) in [5.74, 6) is -2.94. The van der Waals surface area contributed by atoms with Gasteiger partial charge in [-0.25, -0.2) is 9.18 Å². The number of rotatable bonds is 12. The molecule has 0 fully saturated rings. The number of carbonyl (C=O) groups excluding carboxylic acids is 5. The van der Waals surface area contributed by atoms with E-state index in [1.165, 1.54) is 31.2 Å². The van der Waals surface area contributed by atoms with Crippen LogP contribution in [0.2, 0.25) is 0 Å². The lowest BCUT2D eigenvalue weighted by molar-refractivity contribution is -0.132. The molecule has 0 aliphatic rings. The third-order valence-corrected chi connectivity index (χ3v) is 4.03. The summed E-state index contributed by atoms with van der Waals surface area (Å²) >= 11 is 0. The van der Waals surface area contributed by atoms with E-state index in [2.05, 4.69) is 21.3 Å². The highest BCUT2D eigenvalue weighted by atomic mass is 19.1. The Kier molecular flexibility index (Phi) is 10.3. The Labute approximate surface area is 177 Å². The molecule has 1 aromatic carbocycles. The van der Waals surface area contributed by atoms with Crippen LogP contribution in [0.1, 0.15) is 25.3 Å². The van der Waals surface area contributed by atoms with Crippen molar-refractivity contribution in [3.63, 3.8) is 0 Å². The SMILES string of the molecule is CC(=O)N[C@@H](CNC(N)=O)C(=O)N[C@@H](CCC(=O)C=N)C(=O)NCc1ccc(F)cc1. The predicted octanol–water partition coefficient (Wildman–Crippen LogP) is -0.901. The van der Waals surface area contributed by atoms with Crippen LogP contribution < -0.4 is 27.0 Å². The summed E-state index contributed by atoms with van der Waals surface area (Å²) in [6.45, 7) is 0.895. The van der Waals surface area contributed by atoms with Crippen molar-refractivity contribution in [3.05, 3.63) is 35.6 Å². The van der Waals surface area contributed by atoms with Crippen molar-refractivity contribution in [3.8, 4) is 0 Å². The Morgan fingerprint density at radius 2 is 1.68 bits per heavy atom. The number of amides is 5. The topological polar surface area (TPSA) is 183 Å². The number of ketones is 1. The quantitative estimate of drug-likeness (QED) is 0.232. The van der Waals surface area contributed by atoms with Gasteiger partial charge in [0.1, 0.15) is 17.9 Å². The first kappa shape index (κ1) is 25.2. The van der Waals surface area contributed by atoms with Crippen LogP contribution in [0.3, 0.4) is 0 Å². The molecule has 11 nitrogen and oxygen atoms in total. The van der Waals surface area contributed by atoms with Crippen LogP contribution in [0.5, 0.6) is 0 Å². The predicted molar refractivity (Wildman–Crippen MR) is 108 cm³/mol. The van der Waals surface area contributed by atoms with Crippen molar-refractivity contribution in [1.29, 1.82) is 5.41 Å². The molecule has 0 saturated carbocycles. The molecule has 1 rings (SSSR count). The first-order valence-corrected chi connectivity index (χ1v) is 9.28. The second kappa shape index (κ2) is 12.7. The zero-order valence-electron chi connectivity index (χ0n) is 16.9. The molecule has 2 atom stereocenters. The van der Waals surface area contributed by atoms with Crippen molar-refractivity contribution in [2.75, 3.05) is 6.54 Å². The fourth-order valence-corrected chi connectivity index (χ4v) is 2.47. The van der Waals surface area contributed by atoms with Crippen molar-refractivity contribution >= 4 is 35.8 Å². The summed E-state index contributed by atoms with van der Waals surface area (Å²) < 4.78 is 13.0. The molecule has 0 spiro atoms. The summed E-state index contributed by atoms with van der Waals surface area (Å²) in [6.07, 6.45) is 0.320. The van der Waals surface area contributed by atoms with Gasteiger partial charge in [-0.15, -0.1) is 0 Å². The first-order chi connectivity index (χ1) is 14.6. The Hall–Kier alpha value is -3.83. The smallest absolute Gasteiger partial charge is 0.312 e. The van der Waals surface area contributed by atoms with Crippen molar-refractivity contribution in [2.24, 2.45) is 5.73 Å². The number of hydrogen-bond acceptors (Lipinski definition) is 6. The fourth-order valence-electron chi connectivity index (χ4n) is 2.47. The van der Waals surface area contributed by atoms with Gasteiger partial charge in [-0.1, -0.05) is 12.1 Å². The van der Waals surface area contributed by atoms with Crippen molar-refractivity contribution in [1.82, 2.24) is 21.3 Å². The second-order valence-corrected chi connectivity index (χ2v) is 6.55. The van der Waals surface area contributed by atoms with Crippen LogP contribution in [-0.4, -0.2) is 54.4 Å². The maximum Gasteiger partial charge on any atom is 0.312 e. The molecule has 1 aromatic rings. The third kappa shape index (κ3) is 9.96. The molecule has 0 heterocycles.